The lowest BCUT2D eigenvalue weighted by molar-refractivity contribution is -0.134. The Kier molecular flexibility index (Phi) is 2.26. The van der Waals surface area contributed by atoms with Crippen LogP contribution in [0, 0.1) is 0 Å². The van der Waals surface area contributed by atoms with Crippen LogP contribution in [-0.2, 0) is 4.79 Å². The number of fused-ring (bicyclic) bond motifs is 1. The Bertz CT molecular complexity index is 359. The Hall–Kier alpha value is -1.71. The first-order chi connectivity index (χ1) is 6.79. The van der Waals surface area contributed by atoms with Gasteiger partial charge in [-0.1, -0.05) is 0 Å². The fourth-order valence-electron chi connectivity index (χ4n) is 1.23. The molecule has 0 bridgehead atoms. The van der Waals surface area contributed by atoms with E-state index < -0.39 is 0 Å². The van der Waals surface area contributed by atoms with E-state index in [2.05, 4.69) is 0 Å². The second-order valence-corrected chi connectivity index (χ2v) is 2.89. The largest absolute Gasteiger partial charge is 0.497 e. The Morgan fingerprint density at radius 3 is 3.00 bits per heavy atom. The molecule has 0 aromatic heterocycles. The molecule has 0 amide bonds. The van der Waals surface area contributed by atoms with Gasteiger partial charge in [-0.3, -0.25) is 4.79 Å². The third kappa shape index (κ3) is 1.64. The molecule has 1 heterocycles. The van der Waals surface area contributed by atoms with Gasteiger partial charge in [-0.15, -0.1) is 0 Å². The lowest BCUT2D eigenvalue weighted by Gasteiger charge is -2.07. The molecule has 0 spiro atoms. The predicted molar refractivity (Wildman–Crippen MR) is 48.7 cm³/mol. The molecule has 1 aliphatic heterocycles. The van der Waals surface area contributed by atoms with Crippen LogP contribution >= 0.6 is 0 Å². The number of methoxy groups -OCH3 is 1. The number of esters is 1. The molecule has 0 atom stereocenters. The summed E-state index contributed by atoms with van der Waals surface area (Å²) in [6.45, 7) is 0.359. The van der Waals surface area contributed by atoms with Crippen molar-refractivity contribution in [2.45, 2.75) is 6.42 Å². The van der Waals surface area contributed by atoms with E-state index in [4.69, 9.17) is 14.2 Å². The number of hydrogen-bond donors (Lipinski definition) is 0. The lowest BCUT2D eigenvalue weighted by atomic mass is 10.3. The highest BCUT2D eigenvalue weighted by Gasteiger charge is 2.16. The molecular formula is C10H10O4. The standard InChI is InChI=1S/C10H10O4/c1-12-7-2-3-8-9(6-7)14-10(11)4-5-13-8/h2-3,6H,4-5H2,1H3. The quantitative estimate of drug-likeness (QED) is 0.500. The summed E-state index contributed by atoms with van der Waals surface area (Å²) in [5.74, 6) is 1.36. The number of benzene rings is 1. The van der Waals surface area contributed by atoms with Crippen molar-refractivity contribution in [1.29, 1.82) is 0 Å². The van der Waals surface area contributed by atoms with E-state index in [1.54, 1.807) is 25.3 Å². The second kappa shape index (κ2) is 3.57. The summed E-state index contributed by atoms with van der Waals surface area (Å²) in [7, 11) is 1.56. The lowest BCUT2D eigenvalue weighted by Crippen LogP contribution is -2.07. The Balaban J connectivity index is 2.36. The maximum Gasteiger partial charge on any atom is 0.314 e. The SMILES string of the molecule is COc1ccc2c(c1)OC(=O)CCO2. The van der Waals surface area contributed by atoms with Crippen LogP contribution in [-0.4, -0.2) is 19.7 Å². The predicted octanol–water partition coefficient (Wildman–Crippen LogP) is 1.38. The van der Waals surface area contributed by atoms with E-state index in [0.717, 1.165) is 0 Å². The van der Waals surface area contributed by atoms with Gasteiger partial charge < -0.3 is 14.2 Å². The fourth-order valence-corrected chi connectivity index (χ4v) is 1.23. The first-order valence-electron chi connectivity index (χ1n) is 4.31. The molecule has 0 N–H and O–H groups in total. The zero-order valence-electron chi connectivity index (χ0n) is 7.78. The normalized spacial score (nSPS) is 14.8. The molecular weight excluding hydrogens is 184 g/mol. The minimum Gasteiger partial charge on any atom is -0.497 e. The van der Waals surface area contributed by atoms with Crippen molar-refractivity contribution in [3.8, 4) is 17.2 Å². The maximum absolute atomic E-state index is 11.1. The summed E-state index contributed by atoms with van der Waals surface area (Å²) in [4.78, 5) is 11.1. The minimum absolute atomic E-state index is 0.275. The molecule has 0 saturated carbocycles. The Morgan fingerprint density at radius 1 is 1.36 bits per heavy atom. The number of carbonyl (C=O) groups excluding carboxylic acids is 1. The molecule has 4 nitrogen and oxygen atoms in total. The van der Waals surface area contributed by atoms with Gasteiger partial charge >= 0.3 is 5.97 Å². The van der Waals surface area contributed by atoms with Crippen LogP contribution in [0.4, 0.5) is 0 Å². The molecule has 1 aliphatic rings. The average Bonchev–Trinajstić information content (AvgIpc) is 2.37. The Morgan fingerprint density at radius 2 is 2.21 bits per heavy atom. The highest BCUT2D eigenvalue weighted by atomic mass is 16.6. The van der Waals surface area contributed by atoms with Gasteiger partial charge in [0.2, 0.25) is 0 Å². The minimum atomic E-state index is -0.281. The van der Waals surface area contributed by atoms with Crippen LogP contribution in [0.25, 0.3) is 0 Å². The molecule has 2 rings (SSSR count). The molecule has 0 unspecified atom stereocenters. The first-order valence-corrected chi connectivity index (χ1v) is 4.31. The van der Waals surface area contributed by atoms with Crippen molar-refractivity contribution in [2.24, 2.45) is 0 Å². The van der Waals surface area contributed by atoms with E-state index in [9.17, 15) is 4.79 Å². The van der Waals surface area contributed by atoms with Gasteiger partial charge in [-0.05, 0) is 12.1 Å². The zero-order valence-corrected chi connectivity index (χ0v) is 7.78. The second-order valence-electron chi connectivity index (χ2n) is 2.89. The number of ether oxygens (including phenoxy) is 3. The van der Waals surface area contributed by atoms with E-state index in [1.165, 1.54) is 0 Å². The number of carbonyl (C=O) groups is 1. The van der Waals surface area contributed by atoms with Gasteiger partial charge in [0.1, 0.15) is 5.75 Å². The zero-order chi connectivity index (χ0) is 9.97. The molecule has 74 valence electrons. The molecule has 1 aromatic rings. The van der Waals surface area contributed by atoms with Crippen molar-refractivity contribution < 1.29 is 19.0 Å². The smallest absolute Gasteiger partial charge is 0.314 e. The summed E-state index contributed by atoms with van der Waals surface area (Å²) < 4.78 is 15.4. The number of rotatable bonds is 1. The average molecular weight is 194 g/mol. The maximum atomic E-state index is 11.1. The third-order valence-corrected chi connectivity index (χ3v) is 1.94. The van der Waals surface area contributed by atoms with E-state index >= 15 is 0 Å². The van der Waals surface area contributed by atoms with Crippen molar-refractivity contribution in [3.63, 3.8) is 0 Å². The first kappa shape index (κ1) is 8.87. The van der Waals surface area contributed by atoms with Crippen molar-refractivity contribution in [1.82, 2.24) is 0 Å². The van der Waals surface area contributed by atoms with Crippen molar-refractivity contribution in [3.05, 3.63) is 18.2 Å². The van der Waals surface area contributed by atoms with Crippen LogP contribution in [0.2, 0.25) is 0 Å². The van der Waals surface area contributed by atoms with E-state index in [-0.39, 0.29) is 12.4 Å². The van der Waals surface area contributed by atoms with E-state index in [1.807, 2.05) is 0 Å². The fraction of sp³-hybridized carbons (Fsp3) is 0.300. The van der Waals surface area contributed by atoms with Gasteiger partial charge in [0, 0.05) is 6.07 Å². The van der Waals surface area contributed by atoms with Crippen LogP contribution in [0.3, 0.4) is 0 Å². The molecule has 0 aliphatic carbocycles. The van der Waals surface area contributed by atoms with Crippen LogP contribution < -0.4 is 14.2 Å². The topological polar surface area (TPSA) is 44.8 Å². The number of hydrogen-bond acceptors (Lipinski definition) is 4. The van der Waals surface area contributed by atoms with Gasteiger partial charge in [0.15, 0.2) is 11.5 Å². The summed E-state index contributed by atoms with van der Waals surface area (Å²) in [6, 6.07) is 5.13. The van der Waals surface area contributed by atoms with Crippen LogP contribution in [0.15, 0.2) is 18.2 Å². The van der Waals surface area contributed by atoms with Gasteiger partial charge in [-0.2, -0.15) is 0 Å². The monoisotopic (exact) mass is 194 g/mol. The van der Waals surface area contributed by atoms with Crippen molar-refractivity contribution >= 4 is 5.97 Å². The summed E-state index contributed by atoms with van der Waals surface area (Å²) in [5.41, 5.74) is 0. The molecule has 14 heavy (non-hydrogen) atoms. The summed E-state index contributed by atoms with van der Waals surface area (Å²) in [6.07, 6.45) is 0.275. The molecule has 0 fully saturated rings. The van der Waals surface area contributed by atoms with Crippen molar-refractivity contribution in [2.75, 3.05) is 13.7 Å². The van der Waals surface area contributed by atoms with E-state index in [0.29, 0.717) is 23.9 Å². The van der Waals surface area contributed by atoms with Gasteiger partial charge in [0.05, 0.1) is 20.1 Å². The Labute approximate surface area is 81.4 Å². The summed E-state index contributed by atoms with van der Waals surface area (Å²) >= 11 is 0. The van der Waals surface area contributed by atoms with Gasteiger partial charge in [-0.25, -0.2) is 0 Å². The van der Waals surface area contributed by atoms with Gasteiger partial charge in [0.25, 0.3) is 0 Å². The third-order valence-electron chi connectivity index (χ3n) is 1.94. The molecule has 0 radical (unpaired) electrons. The molecule has 1 aromatic carbocycles. The highest BCUT2D eigenvalue weighted by Crippen LogP contribution is 2.33. The molecule has 4 heteroatoms. The summed E-state index contributed by atoms with van der Waals surface area (Å²) in [5, 5.41) is 0. The van der Waals surface area contributed by atoms with Crippen LogP contribution in [0.1, 0.15) is 6.42 Å². The highest BCUT2D eigenvalue weighted by molar-refractivity contribution is 5.74. The van der Waals surface area contributed by atoms with Crippen LogP contribution in [0.5, 0.6) is 17.2 Å². The molecule has 0 saturated heterocycles.